The molecule has 2 unspecified atom stereocenters. The van der Waals surface area contributed by atoms with E-state index in [0.717, 1.165) is 31.2 Å². The van der Waals surface area contributed by atoms with Crippen molar-refractivity contribution in [2.75, 3.05) is 0 Å². The van der Waals surface area contributed by atoms with Crippen LogP contribution in [0.25, 0.3) is 0 Å². The molecule has 1 fully saturated rings. The lowest BCUT2D eigenvalue weighted by Gasteiger charge is -2.25. The molecule has 2 atom stereocenters. The summed E-state index contributed by atoms with van der Waals surface area (Å²) in [6.07, 6.45) is 4.21. The standard InChI is InChI=1S/C13H15ClO/c14-12-9-5-4-8-11(12)13(15)10-6-2-1-3-7-10/h1-3,6-7,11-12H,4-5,8-9H2. The first-order valence-corrected chi connectivity index (χ1v) is 5.96. The quantitative estimate of drug-likeness (QED) is 0.551. The molecular formula is C13H15ClO. The second-order valence-corrected chi connectivity index (χ2v) is 4.70. The number of ketones is 1. The van der Waals surface area contributed by atoms with Crippen LogP contribution in [0.2, 0.25) is 0 Å². The summed E-state index contributed by atoms with van der Waals surface area (Å²) in [6.45, 7) is 0. The molecule has 1 nitrogen and oxygen atoms in total. The minimum Gasteiger partial charge on any atom is -0.294 e. The van der Waals surface area contributed by atoms with Crippen molar-refractivity contribution < 1.29 is 4.79 Å². The molecule has 0 aromatic heterocycles. The predicted octanol–water partition coefficient (Wildman–Crippen LogP) is 3.67. The number of carbonyl (C=O) groups excluding carboxylic acids is 1. The van der Waals surface area contributed by atoms with Crippen molar-refractivity contribution >= 4 is 17.4 Å². The van der Waals surface area contributed by atoms with Crippen LogP contribution in [0.1, 0.15) is 36.0 Å². The van der Waals surface area contributed by atoms with Gasteiger partial charge in [-0.2, -0.15) is 0 Å². The minimum absolute atomic E-state index is 0.0304. The molecule has 80 valence electrons. The Morgan fingerprint density at radius 3 is 2.47 bits per heavy atom. The van der Waals surface area contributed by atoms with Gasteiger partial charge < -0.3 is 0 Å². The maximum atomic E-state index is 12.1. The smallest absolute Gasteiger partial charge is 0.167 e. The summed E-state index contributed by atoms with van der Waals surface area (Å²) in [5, 5.41) is 0.0338. The number of carbonyl (C=O) groups is 1. The highest BCUT2D eigenvalue weighted by Gasteiger charge is 2.29. The maximum Gasteiger partial charge on any atom is 0.167 e. The van der Waals surface area contributed by atoms with Gasteiger partial charge in [-0.1, -0.05) is 43.2 Å². The Morgan fingerprint density at radius 1 is 1.13 bits per heavy atom. The number of hydrogen-bond donors (Lipinski definition) is 0. The third-order valence-electron chi connectivity index (χ3n) is 3.08. The van der Waals surface area contributed by atoms with Gasteiger partial charge in [0.05, 0.1) is 0 Å². The van der Waals surface area contributed by atoms with Crippen molar-refractivity contribution in [3.8, 4) is 0 Å². The van der Waals surface area contributed by atoms with Crippen LogP contribution in [0.5, 0.6) is 0 Å². The fraction of sp³-hybridized carbons (Fsp3) is 0.462. The van der Waals surface area contributed by atoms with Gasteiger partial charge in [-0.15, -0.1) is 11.6 Å². The van der Waals surface area contributed by atoms with E-state index in [0.29, 0.717) is 0 Å². The van der Waals surface area contributed by atoms with Gasteiger partial charge in [0.2, 0.25) is 0 Å². The Labute approximate surface area is 95.4 Å². The van der Waals surface area contributed by atoms with E-state index < -0.39 is 0 Å². The summed E-state index contributed by atoms with van der Waals surface area (Å²) in [7, 11) is 0. The fourth-order valence-electron chi connectivity index (χ4n) is 2.20. The van der Waals surface area contributed by atoms with Crippen molar-refractivity contribution in [3.63, 3.8) is 0 Å². The molecule has 2 rings (SSSR count). The van der Waals surface area contributed by atoms with Gasteiger partial charge in [-0.25, -0.2) is 0 Å². The lowest BCUT2D eigenvalue weighted by atomic mass is 9.83. The topological polar surface area (TPSA) is 17.1 Å². The summed E-state index contributed by atoms with van der Waals surface area (Å²) >= 11 is 6.21. The van der Waals surface area contributed by atoms with Crippen LogP contribution in [-0.4, -0.2) is 11.2 Å². The summed E-state index contributed by atoms with van der Waals surface area (Å²) in [4.78, 5) is 12.1. The Bertz CT molecular complexity index is 334. The zero-order chi connectivity index (χ0) is 10.7. The monoisotopic (exact) mass is 222 g/mol. The van der Waals surface area contributed by atoms with E-state index in [2.05, 4.69) is 0 Å². The second kappa shape index (κ2) is 4.80. The molecule has 0 amide bonds. The number of benzene rings is 1. The number of alkyl halides is 1. The highest BCUT2D eigenvalue weighted by Crippen LogP contribution is 2.31. The van der Waals surface area contributed by atoms with E-state index in [1.54, 1.807) is 0 Å². The molecule has 1 aliphatic carbocycles. The number of halogens is 1. The van der Waals surface area contributed by atoms with E-state index in [9.17, 15) is 4.79 Å². The number of Topliss-reactive ketones (excluding diaryl/α,β-unsaturated/α-hetero) is 1. The first-order chi connectivity index (χ1) is 7.29. The van der Waals surface area contributed by atoms with Gasteiger partial charge >= 0.3 is 0 Å². The van der Waals surface area contributed by atoms with Crippen molar-refractivity contribution in [1.29, 1.82) is 0 Å². The van der Waals surface area contributed by atoms with E-state index in [4.69, 9.17) is 11.6 Å². The van der Waals surface area contributed by atoms with Gasteiger partial charge in [-0.05, 0) is 12.8 Å². The maximum absolute atomic E-state index is 12.1. The highest BCUT2D eigenvalue weighted by atomic mass is 35.5. The molecule has 1 aromatic rings. The van der Waals surface area contributed by atoms with Crippen LogP contribution >= 0.6 is 11.6 Å². The second-order valence-electron chi connectivity index (χ2n) is 4.14. The molecule has 15 heavy (non-hydrogen) atoms. The lowest BCUT2D eigenvalue weighted by molar-refractivity contribution is 0.0893. The summed E-state index contributed by atoms with van der Waals surface area (Å²) in [6, 6.07) is 9.48. The lowest BCUT2D eigenvalue weighted by Crippen LogP contribution is -2.27. The third-order valence-corrected chi connectivity index (χ3v) is 3.60. The van der Waals surface area contributed by atoms with Crippen LogP contribution in [0.3, 0.4) is 0 Å². The normalized spacial score (nSPS) is 26.2. The van der Waals surface area contributed by atoms with Gasteiger partial charge in [-0.3, -0.25) is 4.79 Å². The Kier molecular flexibility index (Phi) is 3.42. The molecule has 2 heteroatoms. The first kappa shape index (κ1) is 10.7. The molecular weight excluding hydrogens is 208 g/mol. The molecule has 0 bridgehead atoms. The van der Waals surface area contributed by atoms with E-state index in [-0.39, 0.29) is 17.1 Å². The van der Waals surface area contributed by atoms with Gasteiger partial charge in [0, 0.05) is 16.9 Å². The predicted molar refractivity (Wildman–Crippen MR) is 62.4 cm³/mol. The molecule has 0 saturated heterocycles. The first-order valence-electron chi connectivity index (χ1n) is 5.52. The van der Waals surface area contributed by atoms with Gasteiger partial charge in [0.1, 0.15) is 0 Å². The van der Waals surface area contributed by atoms with Crippen molar-refractivity contribution in [2.45, 2.75) is 31.1 Å². The SMILES string of the molecule is O=C(c1ccccc1)C1CCCCC1Cl. The van der Waals surface area contributed by atoms with Crippen LogP contribution in [0.15, 0.2) is 30.3 Å². The average Bonchev–Trinajstić information content (AvgIpc) is 2.30. The number of rotatable bonds is 2. The Balaban J connectivity index is 2.13. The van der Waals surface area contributed by atoms with Gasteiger partial charge in [0.15, 0.2) is 5.78 Å². The molecule has 1 aromatic carbocycles. The van der Waals surface area contributed by atoms with Crippen LogP contribution in [0, 0.1) is 5.92 Å². The average molecular weight is 223 g/mol. The van der Waals surface area contributed by atoms with Crippen molar-refractivity contribution in [2.24, 2.45) is 5.92 Å². The third kappa shape index (κ3) is 2.40. The van der Waals surface area contributed by atoms with Crippen LogP contribution < -0.4 is 0 Å². The molecule has 0 N–H and O–H groups in total. The minimum atomic E-state index is 0.0304. The Hall–Kier alpha value is -0.820. The molecule has 0 aliphatic heterocycles. The fourth-order valence-corrected chi connectivity index (χ4v) is 2.59. The number of hydrogen-bond acceptors (Lipinski definition) is 1. The molecule has 1 saturated carbocycles. The van der Waals surface area contributed by atoms with Crippen LogP contribution in [-0.2, 0) is 0 Å². The van der Waals surface area contributed by atoms with Crippen LogP contribution in [0.4, 0.5) is 0 Å². The van der Waals surface area contributed by atoms with E-state index in [1.165, 1.54) is 0 Å². The van der Waals surface area contributed by atoms with Crippen molar-refractivity contribution in [3.05, 3.63) is 35.9 Å². The van der Waals surface area contributed by atoms with Crippen molar-refractivity contribution in [1.82, 2.24) is 0 Å². The summed E-state index contributed by atoms with van der Waals surface area (Å²) < 4.78 is 0. The Morgan fingerprint density at radius 2 is 1.80 bits per heavy atom. The summed E-state index contributed by atoms with van der Waals surface area (Å²) in [5.41, 5.74) is 0.801. The highest BCUT2D eigenvalue weighted by molar-refractivity contribution is 6.23. The van der Waals surface area contributed by atoms with E-state index in [1.807, 2.05) is 30.3 Å². The molecule has 1 aliphatic rings. The zero-order valence-electron chi connectivity index (χ0n) is 8.66. The molecule has 0 heterocycles. The van der Waals surface area contributed by atoms with Gasteiger partial charge in [0.25, 0.3) is 0 Å². The zero-order valence-corrected chi connectivity index (χ0v) is 9.41. The molecule has 0 spiro atoms. The molecule has 0 radical (unpaired) electrons. The summed E-state index contributed by atoms with van der Waals surface area (Å²) in [5.74, 6) is 0.248. The largest absolute Gasteiger partial charge is 0.294 e. The van der Waals surface area contributed by atoms with E-state index >= 15 is 0 Å².